The molecule has 0 saturated carbocycles. The zero-order valence-electron chi connectivity index (χ0n) is 9.00. The van der Waals surface area contributed by atoms with E-state index in [9.17, 15) is 0 Å². The van der Waals surface area contributed by atoms with Crippen molar-refractivity contribution in [2.24, 2.45) is 0 Å². The molecule has 1 N–H and O–H groups in total. The number of nitrogens with one attached hydrogen (secondary N) is 1. The summed E-state index contributed by atoms with van der Waals surface area (Å²) in [4.78, 5) is 4.41. The molecule has 0 radical (unpaired) electrons. The van der Waals surface area contributed by atoms with Crippen LogP contribution in [0.3, 0.4) is 0 Å². The molecule has 2 aromatic heterocycles. The summed E-state index contributed by atoms with van der Waals surface area (Å²) in [6.45, 7) is 0. The average Bonchev–Trinajstić information content (AvgIpc) is 2.39. The highest BCUT2D eigenvalue weighted by molar-refractivity contribution is 7.71. The van der Waals surface area contributed by atoms with Crippen LogP contribution in [0.2, 0.25) is 0 Å². The molecule has 0 spiro atoms. The van der Waals surface area contributed by atoms with Crippen LogP contribution in [0, 0.1) is 4.77 Å². The van der Waals surface area contributed by atoms with Crippen molar-refractivity contribution in [2.45, 2.75) is 0 Å². The van der Waals surface area contributed by atoms with Gasteiger partial charge in [-0.05, 0) is 18.3 Å². The van der Waals surface area contributed by atoms with Crippen molar-refractivity contribution in [1.29, 1.82) is 0 Å². The lowest BCUT2D eigenvalue weighted by Crippen LogP contribution is -2.27. The molecule has 0 unspecified atom stereocenters. The highest BCUT2D eigenvalue weighted by Crippen LogP contribution is 2.18. The van der Waals surface area contributed by atoms with E-state index < -0.39 is 0 Å². The summed E-state index contributed by atoms with van der Waals surface area (Å²) in [5.41, 5.74) is 2.97. The summed E-state index contributed by atoms with van der Waals surface area (Å²) in [6.07, 6.45) is 1.93. The van der Waals surface area contributed by atoms with Gasteiger partial charge in [0, 0.05) is 17.7 Å². The van der Waals surface area contributed by atoms with E-state index in [1.165, 1.54) is 0 Å². The van der Waals surface area contributed by atoms with Crippen LogP contribution in [0.15, 0.2) is 54.7 Å². The normalized spacial score (nSPS) is 10.6. The van der Waals surface area contributed by atoms with Gasteiger partial charge in [0.2, 0.25) is 6.20 Å². The maximum atomic E-state index is 5.14. The lowest BCUT2D eigenvalue weighted by Gasteiger charge is -1.99. The van der Waals surface area contributed by atoms with Gasteiger partial charge in [-0.3, -0.25) is 0 Å². The molecular weight excluding hydrogens is 230 g/mol. The van der Waals surface area contributed by atoms with E-state index in [2.05, 4.69) is 10.1 Å². The minimum atomic E-state index is 0.479. The Morgan fingerprint density at radius 1 is 1.00 bits per heavy atom. The smallest absolute Gasteiger partial charge is 0.209 e. The van der Waals surface area contributed by atoms with Crippen LogP contribution in [0.5, 0.6) is 0 Å². The van der Waals surface area contributed by atoms with Crippen molar-refractivity contribution in [2.75, 3.05) is 0 Å². The second-order valence-electron chi connectivity index (χ2n) is 3.70. The fourth-order valence-corrected chi connectivity index (χ4v) is 2.02. The molecule has 4 heteroatoms. The van der Waals surface area contributed by atoms with E-state index in [4.69, 9.17) is 12.2 Å². The van der Waals surface area contributed by atoms with Crippen molar-refractivity contribution in [3.05, 3.63) is 59.5 Å². The Morgan fingerprint density at radius 3 is 2.59 bits per heavy atom. The van der Waals surface area contributed by atoms with Gasteiger partial charge < -0.3 is 0 Å². The Labute approximate surface area is 103 Å². The number of pyridine rings is 1. The molecule has 3 aromatic rings. The number of aromatic amines is 1. The topological polar surface area (TPSA) is 32.8 Å². The maximum absolute atomic E-state index is 5.14. The van der Waals surface area contributed by atoms with Crippen molar-refractivity contribution in [3.8, 4) is 11.3 Å². The van der Waals surface area contributed by atoms with Crippen molar-refractivity contribution in [3.63, 3.8) is 0 Å². The molecule has 0 bridgehead atoms. The van der Waals surface area contributed by atoms with Gasteiger partial charge in [0.25, 0.3) is 10.3 Å². The van der Waals surface area contributed by atoms with Crippen LogP contribution >= 0.6 is 12.2 Å². The zero-order chi connectivity index (χ0) is 11.7. The molecule has 0 atom stereocenters. The number of H-pyrrole nitrogens is 1. The van der Waals surface area contributed by atoms with Crippen LogP contribution in [-0.2, 0) is 0 Å². The summed E-state index contributed by atoms with van der Waals surface area (Å²) in [7, 11) is 0. The van der Waals surface area contributed by atoms with Gasteiger partial charge in [-0.1, -0.05) is 34.8 Å². The Balaban J connectivity index is 2.40. The van der Waals surface area contributed by atoms with E-state index in [0.717, 1.165) is 16.8 Å². The van der Waals surface area contributed by atoms with Gasteiger partial charge in [-0.25, -0.2) is 4.98 Å². The minimum absolute atomic E-state index is 0.479. The Bertz CT molecular complexity index is 719. The summed E-state index contributed by atoms with van der Waals surface area (Å²) >= 11 is 5.14. The largest absolute Gasteiger partial charge is 0.261 e. The lowest BCUT2D eigenvalue weighted by molar-refractivity contribution is -0.581. The molecule has 0 aliphatic rings. The third kappa shape index (κ3) is 1.83. The molecule has 1 aromatic carbocycles. The summed E-state index contributed by atoms with van der Waals surface area (Å²) in [5, 5.41) is 3.02. The fourth-order valence-electron chi connectivity index (χ4n) is 1.83. The lowest BCUT2D eigenvalue weighted by atomic mass is 10.1. The molecule has 2 heterocycles. The number of benzene rings is 1. The number of aromatic nitrogens is 3. The van der Waals surface area contributed by atoms with Crippen LogP contribution in [0.25, 0.3) is 16.8 Å². The standard InChI is InChI=1S/C13H9N3S/c17-13-14-12(10-6-2-1-3-7-10)11-8-4-5-9-16(11)15-13/h1-9H/p+1. The molecular formula is C13H10N3S+. The molecule has 17 heavy (non-hydrogen) atoms. The van der Waals surface area contributed by atoms with Crippen LogP contribution in [0.4, 0.5) is 0 Å². The van der Waals surface area contributed by atoms with Crippen molar-refractivity contribution >= 4 is 17.7 Å². The van der Waals surface area contributed by atoms with E-state index in [0.29, 0.717) is 4.77 Å². The van der Waals surface area contributed by atoms with Crippen molar-refractivity contribution in [1.82, 2.24) is 10.1 Å². The summed E-state index contributed by atoms with van der Waals surface area (Å²) in [5.74, 6) is 0. The van der Waals surface area contributed by atoms with E-state index in [-0.39, 0.29) is 0 Å². The zero-order valence-corrected chi connectivity index (χ0v) is 9.82. The fraction of sp³-hybridized carbons (Fsp3) is 0. The Hall–Kier alpha value is -2.07. The highest BCUT2D eigenvalue weighted by Gasteiger charge is 2.11. The first-order chi connectivity index (χ1) is 8.34. The molecule has 0 aliphatic heterocycles. The molecule has 82 valence electrons. The molecule has 0 fully saturated rings. The average molecular weight is 240 g/mol. The predicted molar refractivity (Wildman–Crippen MR) is 68.0 cm³/mol. The molecule has 0 amide bonds. The quantitative estimate of drug-likeness (QED) is 0.524. The van der Waals surface area contributed by atoms with Crippen LogP contribution in [-0.4, -0.2) is 10.1 Å². The van der Waals surface area contributed by atoms with Gasteiger partial charge in [0.05, 0.1) is 0 Å². The third-order valence-corrected chi connectivity index (χ3v) is 2.76. The highest BCUT2D eigenvalue weighted by atomic mass is 32.1. The molecule has 3 nitrogen and oxygen atoms in total. The number of fused-ring (bicyclic) bond motifs is 1. The van der Waals surface area contributed by atoms with Gasteiger partial charge in [0.1, 0.15) is 5.69 Å². The molecule has 0 aliphatic carbocycles. The first kappa shape index (κ1) is 10.1. The summed E-state index contributed by atoms with van der Waals surface area (Å²) in [6, 6.07) is 16.0. The summed E-state index contributed by atoms with van der Waals surface area (Å²) < 4.78 is 2.37. The maximum Gasteiger partial charge on any atom is 0.261 e. The Morgan fingerprint density at radius 2 is 1.76 bits per heavy atom. The second kappa shape index (κ2) is 4.07. The Kier molecular flexibility index (Phi) is 2.42. The van der Waals surface area contributed by atoms with Crippen LogP contribution < -0.4 is 4.52 Å². The second-order valence-corrected chi connectivity index (χ2v) is 4.09. The van der Waals surface area contributed by atoms with Gasteiger partial charge in [-0.15, -0.1) is 5.10 Å². The SMILES string of the molecule is S=c1nc(-c2ccccc2)c2cccc[n+]2[nH]1. The molecule has 3 rings (SSSR count). The minimum Gasteiger partial charge on any atom is -0.209 e. The van der Waals surface area contributed by atoms with Gasteiger partial charge in [0.15, 0.2) is 0 Å². The van der Waals surface area contributed by atoms with Gasteiger partial charge >= 0.3 is 0 Å². The number of hydrogen-bond acceptors (Lipinski definition) is 2. The van der Waals surface area contributed by atoms with Gasteiger partial charge in [-0.2, -0.15) is 0 Å². The molecule has 0 saturated heterocycles. The van der Waals surface area contributed by atoms with E-state index in [1.54, 1.807) is 0 Å². The monoisotopic (exact) mass is 240 g/mol. The predicted octanol–water partition coefficient (Wildman–Crippen LogP) is 2.54. The number of nitrogens with zero attached hydrogens (tertiary/aromatic N) is 2. The van der Waals surface area contributed by atoms with Crippen LogP contribution in [0.1, 0.15) is 0 Å². The number of rotatable bonds is 1. The van der Waals surface area contributed by atoms with E-state index in [1.807, 2.05) is 59.2 Å². The third-order valence-electron chi connectivity index (χ3n) is 2.58. The van der Waals surface area contributed by atoms with E-state index >= 15 is 0 Å². The number of hydrogen-bond donors (Lipinski definition) is 1. The first-order valence-corrected chi connectivity index (χ1v) is 5.71. The van der Waals surface area contributed by atoms with Crippen molar-refractivity contribution < 1.29 is 4.52 Å². The first-order valence-electron chi connectivity index (χ1n) is 5.31.